The van der Waals surface area contributed by atoms with Crippen LogP contribution in [0, 0.1) is 12.7 Å². The largest absolute Gasteiger partial charge is 0.485 e. The summed E-state index contributed by atoms with van der Waals surface area (Å²) in [6, 6.07) is 5.15. The zero-order valence-corrected chi connectivity index (χ0v) is 12.1. The van der Waals surface area contributed by atoms with Crippen LogP contribution in [0.4, 0.5) is 4.39 Å². The maximum Gasteiger partial charge on any atom is 0.165 e. The molecular weight excluding hydrogens is 241 g/mol. The number of quaternary nitrogens is 1. The van der Waals surface area contributed by atoms with Crippen molar-refractivity contribution in [2.75, 3.05) is 32.8 Å². The predicted molar refractivity (Wildman–Crippen MR) is 75.9 cm³/mol. The molecule has 0 bridgehead atoms. The van der Waals surface area contributed by atoms with Gasteiger partial charge in [0.2, 0.25) is 0 Å². The topological polar surface area (TPSA) is 9.23 Å². The van der Waals surface area contributed by atoms with E-state index >= 15 is 0 Å². The number of likely N-dealkylation sites (N-methyl/N-ethyl adjacent to an activating group) is 1. The molecule has 1 aliphatic rings. The molecule has 1 saturated heterocycles. The monoisotopic (exact) mass is 266 g/mol. The van der Waals surface area contributed by atoms with Gasteiger partial charge in [-0.15, -0.1) is 0 Å². The number of piperidine rings is 1. The molecule has 106 valence electrons. The molecule has 0 aliphatic carbocycles. The second-order valence-corrected chi connectivity index (χ2v) is 5.67. The molecule has 2 rings (SSSR count). The van der Waals surface area contributed by atoms with Crippen LogP contribution in [-0.2, 0) is 0 Å². The SMILES string of the molecule is CC[N+]1(CCOc2ccc(C)cc2F)CCCCC1. The summed E-state index contributed by atoms with van der Waals surface area (Å²) in [4.78, 5) is 0. The number of ether oxygens (including phenoxy) is 1. The van der Waals surface area contributed by atoms with Gasteiger partial charge in [0, 0.05) is 0 Å². The highest BCUT2D eigenvalue weighted by molar-refractivity contribution is 5.28. The summed E-state index contributed by atoms with van der Waals surface area (Å²) in [5, 5.41) is 0. The Morgan fingerprint density at radius 1 is 1.21 bits per heavy atom. The second kappa shape index (κ2) is 6.38. The van der Waals surface area contributed by atoms with Crippen molar-refractivity contribution in [1.82, 2.24) is 0 Å². The number of hydrogen-bond acceptors (Lipinski definition) is 1. The van der Waals surface area contributed by atoms with E-state index in [1.807, 2.05) is 13.0 Å². The molecule has 0 unspecified atom stereocenters. The fourth-order valence-corrected chi connectivity index (χ4v) is 2.95. The van der Waals surface area contributed by atoms with Gasteiger partial charge in [0.25, 0.3) is 0 Å². The predicted octanol–water partition coefficient (Wildman–Crippen LogP) is 3.53. The lowest BCUT2D eigenvalue weighted by Crippen LogP contribution is -2.53. The van der Waals surface area contributed by atoms with E-state index in [1.54, 1.807) is 6.07 Å². The molecule has 1 heterocycles. The summed E-state index contributed by atoms with van der Waals surface area (Å²) in [5.41, 5.74) is 0.929. The van der Waals surface area contributed by atoms with E-state index in [2.05, 4.69) is 6.92 Å². The van der Waals surface area contributed by atoms with E-state index in [0.717, 1.165) is 23.1 Å². The average molecular weight is 266 g/mol. The van der Waals surface area contributed by atoms with Gasteiger partial charge >= 0.3 is 0 Å². The number of nitrogens with zero attached hydrogens (tertiary/aromatic N) is 1. The van der Waals surface area contributed by atoms with Crippen molar-refractivity contribution in [3.63, 3.8) is 0 Å². The Balaban J connectivity index is 1.88. The summed E-state index contributed by atoms with van der Waals surface area (Å²) in [6.07, 6.45) is 3.98. The van der Waals surface area contributed by atoms with Gasteiger partial charge in [0.15, 0.2) is 11.6 Å². The van der Waals surface area contributed by atoms with Gasteiger partial charge in [-0.3, -0.25) is 0 Å². The molecule has 2 nitrogen and oxygen atoms in total. The molecule has 1 aromatic carbocycles. The Bertz CT molecular complexity index is 413. The lowest BCUT2D eigenvalue weighted by molar-refractivity contribution is -0.930. The number of halogens is 1. The van der Waals surface area contributed by atoms with E-state index in [1.165, 1.54) is 38.4 Å². The van der Waals surface area contributed by atoms with Gasteiger partial charge in [-0.25, -0.2) is 4.39 Å². The Labute approximate surface area is 115 Å². The average Bonchev–Trinajstić information content (AvgIpc) is 2.42. The molecule has 0 spiro atoms. The van der Waals surface area contributed by atoms with Gasteiger partial charge in [-0.2, -0.15) is 0 Å². The van der Waals surface area contributed by atoms with Gasteiger partial charge in [-0.05, 0) is 50.8 Å². The van der Waals surface area contributed by atoms with E-state index in [-0.39, 0.29) is 5.82 Å². The van der Waals surface area contributed by atoms with Crippen molar-refractivity contribution in [3.8, 4) is 5.75 Å². The molecule has 0 saturated carbocycles. The summed E-state index contributed by atoms with van der Waals surface area (Å²) in [7, 11) is 0. The van der Waals surface area contributed by atoms with Crippen LogP contribution in [0.25, 0.3) is 0 Å². The quantitative estimate of drug-likeness (QED) is 0.741. The molecule has 0 amide bonds. The first-order chi connectivity index (χ1) is 9.15. The lowest BCUT2D eigenvalue weighted by atomic mass is 10.1. The molecule has 0 aromatic heterocycles. The second-order valence-electron chi connectivity index (χ2n) is 5.67. The Morgan fingerprint density at radius 2 is 1.95 bits per heavy atom. The van der Waals surface area contributed by atoms with Crippen LogP contribution in [0.1, 0.15) is 31.7 Å². The summed E-state index contributed by atoms with van der Waals surface area (Å²) >= 11 is 0. The molecule has 0 atom stereocenters. The molecule has 3 heteroatoms. The molecule has 1 fully saturated rings. The van der Waals surface area contributed by atoms with Crippen molar-refractivity contribution in [3.05, 3.63) is 29.6 Å². The Morgan fingerprint density at radius 3 is 2.58 bits per heavy atom. The number of rotatable bonds is 5. The Kier molecular flexibility index (Phi) is 4.81. The molecule has 0 radical (unpaired) electrons. The van der Waals surface area contributed by atoms with Gasteiger partial charge < -0.3 is 9.22 Å². The Hall–Kier alpha value is -1.09. The van der Waals surface area contributed by atoms with E-state index in [9.17, 15) is 4.39 Å². The zero-order chi connectivity index (χ0) is 13.7. The zero-order valence-electron chi connectivity index (χ0n) is 12.1. The first-order valence-corrected chi connectivity index (χ1v) is 7.39. The minimum Gasteiger partial charge on any atom is -0.485 e. The number of benzene rings is 1. The minimum atomic E-state index is -0.248. The minimum absolute atomic E-state index is 0.248. The number of hydrogen-bond donors (Lipinski definition) is 0. The third-order valence-electron chi connectivity index (χ3n) is 4.35. The van der Waals surface area contributed by atoms with Crippen LogP contribution in [0.15, 0.2) is 18.2 Å². The summed E-state index contributed by atoms with van der Waals surface area (Å²) in [6.45, 7) is 9.37. The fraction of sp³-hybridized carbons (Fsp3) is 0.625. The van der Waals surface area contributed by atoms with Gasteiger partial charge in [0.1, 0.15) is 13.2 Å². The van der Waals surface area contributed by atoms with Crippen LogP contribution in [0.3, 0.4) is 0 Å². The van der Waals surface area contributed by atoms with Crippen LogP contribution >= 0.6 is 0 Å². The van der Waals surface area contributed by atoms with Crippen molar-refractivity contribution in [2.45, 2.75) is 33.1 Å². The van der Waals surface area contributed by atoms with Crippen molar-refractivity contribution in [2.24, 2.45) is 0 Å². The van der Waals surface area contributed by atoms with Crippen molar-refractivity contribution in [1.29, 1.82) is 0 Å². The highest BCUT2D eigenvalue weighted by Gasteiger charge is 2.27. The molecule has 1 aromatic rings. The standard InChI is InChI=1S/C16H25FNO/c1-3-18(9-5-4-6-10-18)11-12-19-16-8-7-14(2)13-15(16)17/h7-8,13H,3-6,9-12H2,1-2H3/q+1. The first-order valence-electron chi connectivity index (χ1n) is 7.39. The molecular formula is C16H25FNO+. The van der Waals surface area contributed by atoms with Crippen LogP contribution in [0.5, 0.6) is 5.75 Å². The highest BCUT2D eigenvalue weighted by Crippen LogP contribution is 2.20. The maximum absolute atomic E-state index is 13.7. The van der Waals surface area contributed by atoms with Gasteiger partial charge in [0.05, 0.1) is 19.6 Å². The normalized spacial score (nSPS) is 18.3. The number of likely N-dealkylation sites (tertiary alicyclic amines) is 1. The summed E-state index contributed by atoms with van der Waals surface area (Å²) in [5.74, 6) is 0.138. The van der Waals surface area contributed by atoms with E-state index in [4.69, 9.17) is 4.74 Å². The summed E-state index contributed by atoms with van der Waals surface area (Å²) < 4.78 is 20.4. The molecule has 19 heavy (non-hydrogen) atoms. The lowest BCUT2D eigenvalue weighted by Gasteiger charge is -2.40. The van der Waals surface area contributed by atoms with E-state index < -0.39 is 0 Å². The number of aryl methyl sites for hydroxylation is 1. The highest BCUT2D eigenvalue weighted by atomic mass is 19.1. The molecule has 0 N–H and O–H groups in total. The third-order valence-corrected chi connectivity index (χ3v) is 4.35. The fourth-order valence-electron chi connectivity index (χ4n) is 2.95. The first kappa shape index (κ1) is 14.3. The maximum atomic E-state index is 13.7. The van der Waals surface area contributed by atoms with Crippen LogP contribution in [0.2, 0.25) is 0 Å². The van der Waals surface area contributed by atoms with Crippen molar-refractivity contribution < 1.29 is 13.6 Å². The van der Waals surface area contributed by atoms with Crippen LogP contribution < -0.4 is 4.74 Å². The molecule has 1 aliphatic heterocycles. The third kappa shape index (κ3) is 3.69. The smallest absolute Gasteiger partial charge is 0.165 e. The van der Waals surface area contributed by atoms with Crippen LogP contribution in [-0.4, -0.2) is 37.3 Å². The van der Waals surface area contributed by atoms with Crippen molar-refractivity contribution >= 4 is 0 Å². The van der Waals surface area contributed by atoms with Gasteiger partial charge in [-0.1, -0.05) is 6.07 Å². The van der Waals surface area contributed by atoms with E-state index in [0.29, 0.717) is 12.4 Å².